The fourth-order valence-corrected chi connectivity index (χ4v) is 3.80. The first kappa shape index (κ1) is 19.0. The van der Waals surface area contributed by atoms with Gasteiger partial charge in [0, 0.05) is 13.0 Å². The van der Waals surface area contributed by atoms with Gasteiger partial charge in [0.1, 0.15) is 16.9 Å². The third-order valence-electron chi connectivity index (χ3n) is 3.91. The molecule has 0 saturated carbocycles. The Balaban J connectivity index is 1.71. The van der Waals surface area contributed by atoms with E-state index in [1.807, 2.05) is 0 Å². The Kier molecular flexibility index (Phi) is 5.85. The fourth-order valence-electron chi connectivity index (χ4n) is 2.57. The number of benzene rings is 2. The molecule has 2 aromatic carbocycles. The summed E-state index contributed by atoms with van der Waals surface area (Å²) in [6.45, 7) is 2.21. The predicted octanol–water partition coefficient (Wildman–Crippen LogP) is 3.95. The van der Waals surface area contributed by atoms with Gasteiger partial charge in [-0.1, -0.05) is 23.9 Å². The Morgan fingerprint density at radius 3 is 2.56 bits per heavy atom. The topological polar surface area (TPSA) is 61.8 Å². The zero-order chi connectivity index (χ0) is 19.4. The Bertz CT molecular complexity index is 887. The van der Waals surface area contributed by atoms with Crippen molar-refractivity contribution in [2.45, 2.75) is 18.6 Å². The standard InChI is InChI=1S/C19H17F2N3O2S/c1-2-24-18(26)16(11-17(25)23-15-6-4-3-5-14(15)21)27-19(24)22-13-9-7-12(20)8-10-13/h3-10,16H,2,11H2,1H3,(H,23,25). The van der Waals surface area contributed by atoms with Crippen LogP contribution in [0, 0.1) is 11.6 Å². The van der Waals surface area contributed by atoms with Crippen LogP contribution < -0.4 is 5.32 Å². The molecule has 8 heteroatoms. The summed E-state index contributed by atoms with van der Waals surface area (Å²) in [6, 6.07) is 11.4. The van der Waals surface area contributed by atoms with E-state index in [1.54, 1.807) is 13.0 Å². The number of anilines is 1. The second-order valence-electron chi connectivity index (χ2n) is 5.79. The molecule has 0 bridgehead atoms. The highest BCUT2D eigenvalue weighted by Gasteiger charge is 2.38. The highest BCUT2D eigenvalue weighted by molar-refractivity contribution is 8.15. The third kappa shape index (κ3) is 4.51. The molecule has 1 aliphatic heterocycles. The molecule has 2 amide bonds. The van der Waals surface area contributed by atoms with Crippen LogP contribution in [0.4, 0.5) is 20.2 Å². The largest absolute Gasteiger partial charge is 0.324 e. The van der Waals surface area contributed by atoms with Gasteiger partial charge in [0.2, 0.25) is 11.8 Å². The average Bonchev–Trinajstić information content (AvgIpc) is 2.93. The Hall–Kier alpha value is -2.74. The zero-order valence-corrected chi connectivity index (χ0v) is 15.3. The van der Waals surface area contributed by atoms with E-state index in [9.17, 15) is 18.4 Å². The number of carbonyl (C=O) groups is 2. The monoisotopic (exact) mass is 389 g/mol. The molecule has 1 unspecified atom stereocenters. The van der Waals surface area contributed by atoms with Crippen molar-refractivity contribution in [2.75, 3.05) is 11.9 Å². The molecule has 1 atom stereocenters. The number of thioether (sulfide) groups is 1. The molecule has 0 spiro atoms. The van der Waals surface area contributed by atoms with E-state index in [-0.39, 0.29) is 23.8 Å². The summed E-state index contributed by atoms with van der Waals surface area (Å²) in [7, 11) is 0. The van der Waals surface area contributed by atoms with Crippen molar-refractivity contribution in [1.82, 2.24) is 4.90 Å². The van der Waals surface area contributed by atoms with Gasteiger partial charge in [0.05, 0.1) is 11.4 Å². The minimum absolute atomic E-state index is 0.0745. The van der Waals surface area contributed by atoms with Gasteiger partial charge in [-0.3, -0.25) is 14.5 Å². The number of halogens is 2. The first-order chi connectivity index (χ1) is 13.0. The maximum atomic E-state index is 13.6. The second kappa shape index (κ2) is 8.30. The normalized spacial score (nSPS) is 18.2. The van der Waals surface area contributed by atoms with E-state index < -0.39 is 17.0 Å². The lowest BCUT2D eigenvalue weighted by atomic mass is 10.2. The number of aliphatic imine (C=N–C) groups is 1. The molecule has 1 heterocycles. The smallest absolute Gasteiger partial charge is 0.242 e. The molecule has 3 rings (SSSR count). The molecule has 27 heavy (non-hydrogen) atoms. The Labute approximate surface area is 159 Å². The van der Waals surface area contributed by atoms with Gasteiger partial charge in [-0.25, -0.2) is 13.8 Å². The lowest BCUT2D eigenvalue weighted by molar-refractivity contribution is -0.128. The number of rotatable bonds is 5. The van der Waals surface area contributed by atoms with Crippen LogP contribution >= 0.6 is 11.8 Å². The minimum atomic E-state index is -0.643. The molecular formula is C19H17F2N3O2S. The minimum Gasteiger partial charge on any atom is -0.324 e. The summed E-state index contributed by atoms with van der Waals surface area (Å²) >= 11 is 1.17. The molecule has 2 aromatic rings. The van der Waals surface area contributed by atoms with Crippen LogP contribution in [0.15, 0.2) is 53.5 Å². The van der Waals surface area contributed by atoms with Gasteiger partial charge in [0.25, 0.3) is 0 Å². The number of carbonyl (C=O) groups excluding carboxylic acids is 2. The summed E-state index contributed by atoms with van der Waals surface area (Å²) < 4.78 is 26.7. The van der Waals surface area contributed by atoms with Crippen LogP contribution in [-0.4, -0.2) is 33.7 Å². The molecule has 5 nitrogen and oxygen atoms in total. The highest BCUT2D eigenvalue weighted by atomic mass is 32.2. The van der Waals surface area contributed by atoms with E-state index >= 15 is 0 Å². The molecule has 1 aliphatic rings. The van der Waals surface area contributed by atoms with E-state index in [4.69, 9.17) is 0 Å². The van der Waals surface area contributed by atoms with Crippen LogP contribution in [0.3, 0.4) is 0 Å². The molecule has 0 aromatic heterocycles. The van der Waals surface area contributed by atoms with Gasteiger partial charge >= 0.3 is 0 Å². The van der Waals surface area contributed by atoms with Gasteiger partial charge in [-0.2, -0.15) is 0 Å². The number of amidine groups is 1. The van der Waals surface area contributed by atoms with Crippen molar-refractivity contribution in [1.29, 1.82) is 0 Å². The van der Waals surface area contributed by atoms with Crippen molar-refractivity contribution < 1.29 is 18.4 Å². The Morgan fingerprint density at radius 2 is 1.89 bits per heavy atom. The van der Waals surface area contributed by atoms with Crippen molar-refractivity contribution in [3.8, 4) is 0 Å². The van der Waals surface area contributed by atoms with E-state index in [0.717, 1.165) is 0 Å². The number of hydrogen-bond acceptors (Lipinski definition) is 4. The highest BCUT2D eigenvalue weighted by Crippen LogP contribution is 2.31. The van der Waals surface area contributed by atoms with Crippen molar-refractivity contribution >= 4 is 40.1 Å². The lowest BCUT2D eigenvalue weighted by Crippen LogP contribution is -2.33. The average molecular weight is 389 g/mol. The third-order valence-corrected chi connectivity index (χ3v) is 5.08. The number of nitrogens with zero attached hydrogens (tertiary/aromatic N) is 2. The molecule has 1 saturated heterocycles. The molecule has 1 fully saturated rings. The number of para-hydroxylation sites is 1. The number of amides is 2. The summed E-state index contributed by atoms with van der Waals surface area (Å²) in [4.78, 5) is 30.6. The first-order valence-corrected chi connectivity index (χ1v) is 9.22. The van der Waals surface area contributed by atoms with Crippen molar-refractivity contribution in [3.05, 3.63) is 60.2 Å². The summed E-state index contributed by atoms with van der Waals surface area (Å²) in [5.74, 6) is -1.59. The molecule has 0 aliphatic carbocycles. The maximum absolute atomic E-state index is 13.6. The van der Waals surface area contributed by atoms with Gasteiger partial charge < -0.3 is 5.32 Å². The fraction of sp³-hybridized carbons (Fsp3) is 0.211. The summed E-state index contributed by atoms with van der Waals surface area (Å²) in [5, 5.41) is 2.30. The van der Waals surface area contributed by atoms with Crippen LogP contribution in [0.1, 0.15) is 13.3 Å². The van der Waals surface area contributed by atoms with E-state index in [2.05, 4.69) is 10.3 Å². The molecule has 140 valence electrons. The summed E-state index contributed by atoms with van der Waals surface area (Å²) in [5.41, 5.74) is 0.590. The number of hydrogen-bond donors (Lipinski definition) is 1. The molecule has 0 radical (unpaired) electrons. The van der Waals surface area contributed by atoms with E-state index in [1.165, 1.54) is 59.1 Å². The quantitative estimate of drug-likeness (QED) is 0.842. The summed E-state index contributed by atoms with van der Waals surface area (Å²) in [6.07, 6.45) is -0.100. The zero-order valence-electron chi connectivity index (χ0n) is 14.5. The second-order valence-corrected chi connectivity index (χ2v) is 6.96. The van der Waals surface area contributed by atoms with Crippen LogP contribution in [0.2, 0.25) is 0 Å². The van der Waals surface area contributed by atoms with E-state index in [0.29, 0.717) is 17.4 Å². The molecular weight excluding hydrogens is 372 g/mol. The van der Waals surface area contributed by atoms with Gasteiger partial charge in [-0.05, 0) is 43.3 Å². The Morgan fingerprint density at radius 1 is 1.19 bits per heavy atom. The maximum Gasteiger partial charge on any atom is 0.242 e. The van der Waals surface area contributed by atoms with Crippen molar-refractivity contribution in [3.63, 3.8) is 0 Å². The van der Waals surface area contributed by atoms with Crippen LogP contribution in [0.5, 0.6) is 0 Å². The molecule has 1 N–H and O–H groups in total. The van der Waals surface area contributed by atoms with Crippen LogP contribution in [-0.2, 0) is 9.59 Å². The lowest BCUT2D eigenvalue weighted by Gasteiger charge is -2.13. The van der Waals surface area contributed by atoms with Gasteiger partial charge in [-0.15, -0.1) is 0 Å². The van der Waals surface area contributed by atoms with Crippen molar-refractivity contribution in [2.24, 2.45) is 4.99 Å². The predicted molar refractivity (Wildman–Crippen MR) is 102 cm³/mol. The SMILES string of the molecule is CCN1C(=O)C(CC(=O)Nc2ccccc2F)SC1=Nc1ccc(F)cc1. The van der Waals surface area contributed by atoms with Gasteiger partial charge in [0.15, 0.2) is 5.17 Å². The number of nitrogens with one attached hydrogen (secondary N) is 1. The first-order valence-electron chi connectivity index (χ1n) is 8.34. The van der Waals surface area contributed by atoms with Crippen LogP contribution in [0.25, 0.3) is 0 Å².